The molecule has 0 saturated carbocycles. The Morgan fingerprint density at radius 1 is 1.00 bits per heavy atom. The van der Waals surface area contributed by atoms with Crippen molar-refractivity contribution in [2.75, 3.05) is 20.8 Å². The third-order valence-electron chi connectivity index (χ3n) is 3.40. The quantitative estimate of drug-likeness (QED) is 0.383. The summed E-state index contributed by atoms with van der Waals surface area (Å²) in [7, 11) is 2.21. The van der Waals surface area contributed by atoms with Crippen LogP contribution < -0.4 is 10.6 Å². The molecule has 0 bridgehead atoms. The first kappa shape index (κ1) is 21.9. The van der Waals surface area contributed by atoms with Crippen molar-refractivity contribution in [1.82, 2.24) is 10.6 Å². The van der Waals surface area contributed by atoms with Crippen LogP contribution in [0.25, 0.3) is 0 Å². The Morgan fingerprint density at radius 2 is 1.67 bits per heavy atom. The first-order valence-electron chi connectivity index (χ1n) is 7.94. The fraction of sp³-hybridized carbons (Fsp3) is 0.412. The van der Waals surface area contributed by atoms with Gasteiger partial charge in [-0.05, 0) is 5.56 Å². The fourth-order valence-corrected chi connectivity index (χ4v) is 1.96. The van der Waals surface area contributed by atoms with Crippen molar-refractivity contribution in [2.24, 2.45) is 0 Å². The Kier molecular flexibility index (Phi) is 9.30. The van der Waals surface area contributed by atoms with Crippen molar-refractivity contribution >= 4 is 23.9 Å². The second kappa shape index (κ2) is 11.5. The van der Waals surface area contributed by atoms with Crippen molar-refractivity contribution in [3.05, 3.63) is 35.9 Å². The van der Waals surface area contributed by atoms with E-state index in [1.807, 2.05) is 6.07 Å². The number of hydrogen-bond donors (Lipinski definition) is 3. The van der Waals surface area contributed by atoms with Crippen LogP contribution in [0.3, 0.4) is 0 Å². The third-order valence-corrected chi connectivity index (χ3v) is 3.40. The third kappa shape index (κ3) is 7.74. The number of carbonyl (C=O) groups is 4. The SMILES string of the molecule is COC(=O)C[C@H](NC(=O)[C@H](CO)NC(=O)OCc1ccccc1)C(=O)OC. The first-order valence-corrected chi connectivity index (χ1v) is 7.94. The minimum atomic E-state index is -1.39. The minimum Gasteiger partial charge on any atom is -0.469 e. The number of aliphatic hydroxyl groups excluding tert-OH is 1. The van der Waals surface area contributed by atoms with Crippen molar-refractivity contribution in [1.29, 1.82) is 0 Å². The maximum atomic E-state index is 12.2. The van der Waals surface area contributed by atoms with E-state index in [9.17, 15) is 24.3 Å². The van der Waals surface area contributed by atoms with Crippen molar-refractivity contribution in [3.8, 4) is 0 Å². The van der Waals surface area contributed by atoms with Gasteiger partial charge in [0.25, 0.3) is 0 Å². The Bertz CT molecular complexity index is 650. The second-order valence-corrected chi connectivity index (χ2v) is 5.31. The first-order chi connectivity index (χ1) is 12.9. The number of ether oxygens (including phenoxy) is 3. The van der Waals surface area contributed by atoms with Gasteiger partial charge in [-0.25, -0.2) is 9.59 Å². The van der Waals surface area contributed by atoms with E-state index < -0.39 is 49.1 Å². The Hall–Kier alpha value is -3.14. The highest BCUT2D eigenvalue weighted by molar-refractivity contribution is 5.91. The van der Waals surface area contributed by atoms with Gasteiger partial charge >= 0.3 is 18.0 Å². The summed E-state index contributed by atoms with van der Waals surface area (Å²) in [6, 6.07) is 6.13. The molecule has 10 nitrogen and oxygen atoms in total. The summed E-state index contributed by atoms with van der Waals surface area (Å²) in [6.07, 6.45) is -1.40. The van der Waals surface area contributed by atoms with E-state index in [1.54, 1.807) is 24.3 Å². The summed E-state index contributed by atoms with van der Waals surface area (Å²) >= 11 is 0. The Balaban J connectivity index is 2.61. The molecule has 0 aromatic heterocycles. The van der Waals surface area contributed by atoms with Crippen LogP contribution in [0.5, 0.6) is 0 Å². The van der Waals surface area contributed by atoms with E-state index in [0.29, 0.717) is 0 Å². The summed E-state index contributed by atoms with van der Waals surface area (Å²) < 4.78 is 13.9. The number of alkyl carbamates (subject to hydrolysis) is 1. The molecule has 1 aromatic rings. The zero-order valence-electron chi connectivity index (χ0n) is 15.0. The van der Waals surface area contributed by atoms with Gasteiger partial charge in [0.1, 0.15) is 18.7 Å². The largest absolute Gasteiger partial charge is 0.469 e. The molecule has 0 unspecified atom stereocenters. The number of benzene rings is 1. The lowest BCUT2D eigenvalue weighted by Crippen LogP contribution is -2.53. The highest BCUT2D eigenvalue weighted by Gasteiger charge is 2.29. The molecule has 0 saturated heterocycles. The molecule has 0 aliphatic rings. The molecular weight excluding hydrogens is 360 g/mol. The predicted octanol–water partition coefficient (Wildman–Crippen LogP) is -0.505. The van der Waals surface area contributed by atoms with E-state index in [4.69, 9.17) is 4.74 Å². The summed E-state index contributed by atoms with van der Waals surface area (Å²) in [5.74, 6) is -2.52. The fourth-order valence-electron chi connectivity index (χ4n) is 1.96. The van der Waals surface area contributed by atoms with Crippen LogP contribution in [-0.2, 0) is 35.2 Å². The van der Waals surface area contributed by atoms with Crippen molar-refractivity contribution in [3.63, 3.8) is 0 Å². The van der Waals surface area contributed by atoms with Crippen molar-refractivity contribution in [2.45, 2.75) is 25.1 Å². The van der Waals surface area contributed by atoms with Crippen LogP contribution in [-0.4, -0.2) is 62.0 Å². The van der Waals surface area contributed by atoms with Gasteiger partial charge in [0.05, 0.1) is 27.2 Å². The Morgan fingerprint density at radius 3 is 2.22 bits per heavy atom. The lowest BCUT2D eigenvalue weighted by atomic mass is 10.2. The van der Waals surface area contributed by atoms with Gasteiger partial charge in [-0.15, -0.1) is 0 Å². The molecule has 1 rings (SSSR count). The molecule has 10 heteroatoms. The van der Waals surface area contributed by atoms with E-state index in [2.05, 4.69) is 20.1 Å². The number of methoxy groups -OCH3 is 2. The minimum absolute atomic E-state index is 0.0282. The van der Waals surface area contributed by atoms with Gasteiger partial charge in [0.15, 0.2) is 0 Å². The van der Waals surface area contributed by atoms with Crippen LogP contribution in [0.2, 0.25) is 0 Å². The summed E-state index contributed by atoms with van der Waals surface area (Å²) in [5, 5.41) is 13.7. The van der Waals surface area contributed by atoms with E-state index in [-0.39, 0.29) is 6.61 Å². The van der Waals surface area contributed by atoms with E-state index in [0.717, 1.165) is 19.8 Å². The molecule has 0 radical (unpaired) electrons. The molecule has 2 amide bonds. The maximum absolute atomic E-state index is 12.2. The van der Waals surface area contributed by atoms with Gasteiger partial charge in [-0.2, -0.15) is 0 Å². The molecule has 0 aliphatic heterocycles. The van der Waals surface area contributed by atoms with E-state index in [1.165, 1.54) is 0 Å². The van der Waals surface area contributed by atoms with Crippen LogP contribution in [0, 0.1) is 0 Å². The van der Waals surface area contributed by atoms with Crippen LogP contribution >= 0.6 is 0 Å². The van der Waals surface area contributed by atoms with Crippen LogP contribution in [0.4, 0.5) is 4.79 Å². The van der Waals surface area contributed by atoms with Crippen LogP contribution in [0.1, 0.15) is 12.0 Å². The average molecular weight is 382 g/mol. The number of esters is 2. The lowest BCUT2D eigenvalue weighted by Gasteiger charge is -2.20. The standard InChI is InChI=1S/C17H22N2O8/c1-25-14(21)8-12(16(23)26-2)18-15(22)13(9-20)19-17(24)27-10-11-6-4-3-5-7-11/h3-7,12-13,20H,8-10H2,1-2H3,(H,18,22)(H,19,24)/t12-,13-/m0/s1. The average Bonchev–Trinajstić information content (AvgIpc) is 2.69. The molecule has 0 heterocycles. The molecule has 1 aromatic carbocycles. The zero-order valence-corrected chi connectivity index (χ0v) is 15.0. The zero-order chi connectivity index (χ0) is 20.2. The monoisotopic (exact) mass is 382 g/mol. The molecule has 0 fully saturated rings. The maximum Gasteiger partial charge on any atom is 0.408 e. The van der Waals surface area contributed by atoms with E-state index >= 15 is 0 Å². The van der Waals surface area contributed by atoms with Gasteiger partial charge in [-0.3, -0.25) is 9.59 Å². The second-order valence-electron chi connectivity index (χ2n) is 5.31. The molecule has 0 aliphatic carbocycles. The highest BCUT2D eigenvalue weighted by Crippen LogP contribution is 2.02. The number of rotatable bonds is 9. The van der Waals surface area contributed by atoms with Gasteiger partial charge in [0.2, 0.25) is 5.91 Å². The summed E-state index contributed by atoms with van der Waals surface area (Å²) in [6.45, 7) is -0.780. The van der Waals surface area contributed by atoms with Gasteiger partial charge < -0.3 is 30.0 Å². The number of carbonyl (C=O) groups excluding carboxylic acids is 4. The van der Waals surface area contributed by atoms with Crippen molar-refractivity contribution < 1.29 is 38.5 Å². The van der Waals surface area contributed by atoms with Gasteiger partial charge in [0, 0.05) is 0 Å². The number of nitrogens with one attached hydrogen (secondary N) is 2. The summed E-state index contributed by atoms with van der Waals surface area (Å²) in [4.78, 5) is 47.0. The molecule has 3 N–H and O–H groups in total. The topological polar surface area (TPSA) is 140 Å². The smallest absolute Gasteiger partial charge is 0.408 e. The predicted molar refractivity (Wildman–Crippen MR) is 91.2 cm³/mol. The van der Waals surface area contributed by atoms with Crippen LogP contribution in [0.15, 0.2) is 30.3 Å². The molecule has 0 spiro atoms. The van der Waals surface area contributed by atoms with Gasteiger partial charge in [-0.1, -0.05) is 30.3 Å². The summed E-state index contributed by atoms with van der Waals surface area (Å²) in [5.41, 5.74) is 0.737. The number of hydrogen-bond acceptors (Lipinski definition) is 8. The normalized spacial score (nSPS) is 12.3. The molecule has 2 atom stereocenters. The number of aliphatic hydroxyl groups is 1. The molecule has 148 valence electrons. The molecule has 27 heavy (non-hydrogen) atoms. The lowest BCUT2D eigenvalue weighted by molar-refractivity contribution is -0.151. The Labute approximate surface area is 155 Å². The number of amides is 2. The molecular formula is C17H22N2O8. The highest BCUT2D eigenvalue weighted by atomic mass is 16.5.